The predicted octanol–water partition coefficient (Wildman–Crippen LogP) is 4.05. The molecule has 1 N–H and O–H groups in total. The molecule has 1 aliphatic heterocycles. The van der Waals surface area contributed by atoms with E-state index < -0.39 is 11.8 Å². The van der Waals surface area contributed by atoms with Gasteiger partial charge in [0, 0.05) is 7.05 Å². The second-order valence-electron chi connectivity index (χ2n) is 5.77. The highest BCUT2D eigenvalue weighted by atomic mass is 79.9. The van der Waals surface area contributed by atoms with E-state index in [-0.39, 0.29) is 10.7 Å². The number of nitrogens with zero attached hydrogens (tertiary/aromatic N) is 1. The summed E-state index contributed by atoms with van der Waals surface area (Å²) in [7, 11) is 1.52. The van der Waals surface area contributed by atoms with Gasteiger partial charge in [0.25, 0.3) is 11.8 Å². The molecule has 0 radical (unpaired) electrons. The van der Waals surface area contributed by atoms with Crippen LogP contribution in [0.1, 0.15) is 11.1 Å². The third kappa shape index (κ3) is 4.45. The van der Waals surface area contributed by atoms with E-state index in [4.69, 9.17) is 17.0 Å². The SMILES string of the molecule is CN1C(=O)/C(=C/c2cc(Br)c(OCc3ccccc3)c(Br)c2)C(=O)NC1=S. The lowest BCUT2D eigenvalue weighted by molar-refractivity contribution is -0.128. The summed E-state index contributed by atoms with van der Waals surface area (Å²) in [6, 6.07) is 13.4. The molecule has 0 atom stereocenters. The van der Waals surface area contributed by atoms with Gasteiger partial charge < -0.3 is 4.74 Å². The number of amides is 2. The van der Waals surface area contributed by atoms with E-state index in [0.717, 1.165) is 5.56 Å². The molecule has 2 amide bonds. The summed E-state index contributed by atoms with van der Waals surface area (Å²) in [6.07, 6.45) is 1.52. The van der Waals surface area contributed by atoms with Crippen molar-refractivity contribution in [3.63, 3.8) is 0 Å². The van der Waals surface area contributed by atoms with Crippen molar-refractivity contribution in [3.05, 3.63) is 68.1 Å². The van der Waals surface area contributed by atoms with Crippen LogP contribution in [0, 0.1) is 0 Å². The number of ether oxygens (including phenoxy) is 1. The van der Waals surface area contributed by atoms with Gasteiger partial charge in [-0.2, -0.15) is 0 Å². The minimum absolute atomic E-state index is 0.0165. The Hall–Kier alpha value is -2.03. The minimum Gasteiger partial charge on any atom is -0.487 e. The van der Waals surface area contributed by atoms with Crippen LogP contribution in [0.15, 0.2) is 57.0 Å². The molecule has 0 unspecified atom stereocenters. The summed E-state index contributed by atoms with van der Waals surface area (Å²) >= 11 is 11.9. The number of hydrogen-bond donors (Lipinski definition) is 1. The Morgan fingerprint density at radius 2 is 1.78 bits per heavy atom. The Bertz CT molecular complexity index is 938. The fourth-order valence-electron chi connectivity index (χ4n) is 2.44. The molecule has 0 saturated carbocycles. The molecule has 1 heterocycles. The second kappa shape index (κ2) is 8.33. The number of likely N-dealkylation sites (N-methyl/N-ethyl adjacent to an activating group) is 1. The lowest BCUT2D eigenvalue weighted by atomic mass is 10.1. The molecular formula is C19H14Br2N2O3S. The molecule has 5 nitrogen and oxygen atoms in total. The first-order chi connectivity index (χ1) is 12.9. The molecule has 0 bridgehead atoms. The van der Waals surface area contributed by atoms with E-state index in [1.807, 2.05) is 30.3 Å². The van der Waals surface area contributed by atoms with Gasteiger partial charge in [-0.25, -0.2) is 0 Å². The first-order valence-electron chi connectivity index (χ1n) is 7.87. The fraction of sp³-hybridized carbons (Fsp3) is 0.105. The first-order valence-corrected chi connectivity index (χ1v) is 9.87. The van der Waals surface area contributed by atoms with Crippen molar-refractivity contribution >= 4 is 67.1 Å². The second-order valence-corrected chi connectivity index (χ2v) is 7.86. The molecule has 27 heavy (non-hydrogen) atoms. The number of carbonyl (C=O) groups is 2. The molecule has 1 saturated heterocycles. The van der Waals surface area contributed by atoms with Gasteiger partial charge in [0.05, 0.1) is 8.95 Å². The summed E-state index contributed by atoms with van der Waals surface area (Å²) in [4.78, 5) is 25.6. The number of carbonyl (C=O) groups excluding carboxylic acids is 2. The summed E-state index contributed by atoms with van der Waals surface area (Å²) < 4.78 is 7.29. The highest BCUT2D eigenvalue weighted by molar-refractivity contribution is 9.11. The van der Waals surface area contributed by atoms with Crippen molar-refractivity contribution in [1.29, 1.82) is 0 Å². The van der Waals surface area contributed by atoms with Crippen LogP contribution < -0.4 is 10.1 Å². The Labute approximate surface area is 178 Å². The van der Waals surface area contributed by atoms with Gasteiger partial charge in [0.1, 0.15) is 17.9 Å². The quantitative estimate of drug-likeness (QED) is 0.384. The zero-order valence-corrected chi connectivity index (χ0v) is 18.2. The van der Waals surface area contributed by atoms with Crippen LogP contribution in [-0.2, 0) is 16.2 Å². The monoisotopic (exact) mass is 508 g/mol. The van der Waals surface area contributed by atoms with Gasteiger partial charge >= 0.3 is 0 Å². The molecule has 3 rings (SSSR count). The number of nitrogens with one attached hydrogen (secondary N) is 1. The van der Waals surface area contributed by atoms with Gasteiger partial charge in [-0.3, -0.25) is 19.8 Å². The molecule has 1 aliphatic rings. The van der Waals surface area contributed by atoms with Crippen molar-refractivity contribution in [3.8, 4) is 5.75 Å². The van der Waals surface area contributed by atoms with Crippen molar-refractivity contribution in [2.45, 2.75) is 6.61 Å². The van der Waals surface area contributed by atoms with Crippen molar-refractivity contribution in [1.82, 2.24) is 10.2 Å². The highest BCUT2D eigenvalue weighted by Gasteiger charge is 2.30. The maximum Gasteiger partial charge on any atom is 0.265 e. The average molecular weight is 510 g/mol. The van der Waals surface area contributed by atoms with E-state index in [9.17, 15) is 9.59 Å². The number of hydrogen-bond acceptors (Lipinski definition) is 4. The Kier molecular flexibility index (Phi) is 6.08. The third-order valence-electron chi connectivity index (χ3n) is 3.86. The van der Waals surface area contributed by atoms with Crippen LogP contribution in [0.5, 0.6) is 5.75 Å². The standard InChI is InChI=1S/C19H14Br2N2O3S/c1-23-18(25)13(17(24)22-19(23)27)7-12-8-14(20)16(15(21)9-12)26-10-11-5-3-2-4-6-11/h2-9H,10H2,1H3,(H,22,24,27)/b13-7+. The minimum atomic E-state index is -0.514. The van der Waals surface area contributed by atoms with Crippen LogP contribution in [0.2, 0.25) is 0 Å². The maximum atomic E-state index is 12.3. The Morgan fingerprint density at radius 3 is 2.41 bits per heavy atom. The lowest BCUT2D eigenvalue weighted by Gasteiger charge is -2.25. The van der Waals surface area contributed by atoms with Crippen LogP contribution >= 0.6 is 44.1 Å². The van der Waals surface area contributed by atoms with Crippen LogP contribution in [0.3, 0.4) is 0 Å². The highest BCUT2D eigenvalue weighted by Crippen LogP contribution is 2.36. The Balaban J connectivity index is 1.85. The van der Waals surface area contributed by atoms with Gasteiger partial charge in [-0.15, -0.1) is 0 Å². The Morgan fingerprint density at radius 1 is 1.15 bits per heavy atom. The summed E-state index contributed by atoms with van der Waals surface area (Å²) in [6.45, 7) is 0.418. The number of rotatable bonds is 4. The summed E-state index contributed by atoms with van der Waals surface area (Å²) in [5.74, 6) is -0.320. The van der Waals surface area contributed by atoms with Gasteiger partial charge in [0.2, 0.25) is 0 Å². The van der Waals surface area contributed by atoms with Crippen LogP contribution in [-0.4, -0.2) is 28.9 Å². The zero-order chi connectivity index (χ0) is 19.6. The fourth-order valence-corrected chi connectivity index (χ4v) is 4.07. The smallest absolute Gasteiger partial charge is 0.265 e. The number of halogens is 2. The predicted molar refractivity (Wildman–Crippen MR) is 114 cm³/mol. The van der Waals surface area contributed by atoms with Crippen LogP contribution in [0.25, 0.3) is 6.08 Å². The van der Waals surface area contributed by atoms with Crippen molar-refractivity contribution < 1.29 is 14.3 Å². The molecule has 2 aromatic rings. The molecule has 0 spiro atoms. The van der Waals surface area contributed by atoms with Crippen molar-refractivity contribution in [2.24, 2.45) is 0 Å². The third-order valence-corrected chi connectivity index (χ3v) is 5.42. The van der Waals surface area contributed by atoms with Crippen molar-refractivity contribution in [2.75, 3.05) is 7.05 Å². The maximum absolute atomic E-state index is 12.3. The summed E-state index contributed by atoms with van der Waals surface area (Å²) in [5, 5.41) is 2.58. The molecule has 2 aromatic carbocycles. The molecule has 8 heteroatoms. The molecule has 0 aliphatic carbocycles. The zero-order valence-electron chi connectivity index (χ0n) is 14.2. The largest absolute Gasteiger partial charge is 0.487 e. The first kappa shape index (κ1) is 19.7. The average Bonchev–Trinajstić information content (AvgIpc) is 2.63. The summed E-state index contributed by atoms with van der Waals surface area (Å²) in [5.41, 5.74) is 1.73. The van der Waals surface area contributed by atoms with E-state index in [1.54, 1.807) is 12.1 Å². The van der Waals surface area contributed by atoms with E-state index in [0.29, 0.717) is 26.9 Å². The van der Waals surface area contributed by atoms with Gasteiger partial charge in [-0.1, -0.05) is 30.3 Å². The van der Waals surface area contributed by atoms with E-state index >= 15 is 0 Å². The van der Waals surface area contributed by atoms with Gasteiger partial charge in [0.15, 0.2) is 5.11 Å². The van der Waals surface area contributed by atoms with E-state index in [1.165, 1.54) is 18.0 Å². The van der Waals surface area contributed by atoms with E-state index in [2.05, 4.69) is 37.2 Å². The molecule has 0 aromatic heterocycles. The van der Waals surface area contributed by atoms with Crippen LogP contribution in [0.4, 0.5) is 0 Å². The number of benzene rings is 2. The molecule has 138 valence electrons. The topological polar surface area (TPSA) is 58.6 Å². The lowest BCUT2D eigenvalue weighted by Crippen LogP contribution is -2.52. The molecule has 1 fully saturated rings. The number of thiocarbonyl (C=S) groups is 1. The van der Waals surface area contributed by atoms with Gasteiger partial charge in [-0.05, 0) is 73.4 Å². The molecular weight excluding hydrogens is 496 g/mol. The normalized spacial score (nSPS) is 15.9.